The molecule has 11 heavy (non-hydrogen) atoms. The molecular weight excluding hydrogens is 238 g/mol. The second-order valence-electron chi connectivity index (χ2n) is 1.03. The van der Waals surface area contributed by atoms with Crippen LogP contribution in [0.3, 0.4) is 0 Å². The summed E-state index contributed by atoms with van der Waals surface area (Å²) in [6, 6.07) is 0. The van der Waals surface area contributed by atoms with Gasteiger partial charge < -0.3 is 29.4 Å². The minimum Gasteiger partial charge on any atom is -0.303 e. The molecule has 0 amide bonds. The van der Waals surface area contributed by atoms with Gasteiger partial charge in [0.2, 0.25) is 0 Å². The molecule has 0 aliphatic carbocycles. The molecule has 0 saturated heterocycles. The van der Waals surface area contributed by atoms with Gasteiger partial charge in [0.25, 0.3) is 0 Å². The first-order chi connectivity index (χ1) is 4.00. The molecule has 0 radical (unpaired) electrons. The maximum Gasteiger partial charge on any atom is 0.466 e. The van der Waals surface area contributed by atoms with Gasteiger partial charge >= 0.3 is 15.6 Å². The van der Waals surface area contributed by atoms with Crippen LogP contribution in [0.1, 0.15) is 0 Å². The van der Waals surface area contributed by atoms with Crippen molar-refractivity contribution in [2.75, 3.05) is 0 Å². The van der Waals surface area contributed by atoms with Crippen LogP contribution in [0.4, 0.5) is 0 Å². The Hall–Kier alpha value is 0.934. The van der Waals surface area contributed by atoms with Gasteiger partial charge in [-0.3, -0.25) is 0 Å². The van der Waals surface area contributed by atoms with Crippen LogP contribution in [0.25, 0.3) is 0 Å². The average Bonchev–Trinajstić information content (AvgIpc) is 1.12. The third-order valence-corrected chi connectivity index (χ3v) is 0. The van der Waals surface area contributed by atoms with Gasteiger partial charge in [0.1, 0.15) is 0 Å². The fourth-order valence-electron chi connectivity index (χ4n) is 0. The maximum absolute atomic E-state index is 8.88. The van der Waals surface area contributed by atoms with Crippen molar-refractivity contribution in [3.8, 4) is 0 Å². The standard InChI is InChI=1S/2H3O4P.Ti/c2*1-5(2,3)4;/h2*(H3,1,2,3,4);. The molecule has 11 heteroatoms. The van der Waals surface area contributed by atoms with Crippen LogP contribution < -0.4 is 0 Å². The number of rotatable bonds is 0. The van der Waals surface area contributed by atoms with Crippen molar-refractivity contribution < 1.29 is 60.2 Å². The summed E-state index contributed by atoms with van der Waals surface area (Å²) in [7, 11) is -9.28. The van der Waals surface area contributed by atoms with Crippen LogP contribution in [0, 0.1) is 0 Å². The van der Waals surface area contributed by atoms with E-state index in [0.717, 1.165) is 0 Å². The molecule has 0 bridgehead atoms. The minimum atomic E-state index is -4.64. The number of hydrogen-bond acceptors (Lipinski definition) is 2. The molecule has 68 valence electrons. The molecule has 8 nitrogen and oxygen atoms in total. The molecule has 6 N–H and O–H groups in total. The zero-order valence-electron chi connectivity index (χ0n) is 4.89. The SMILES string of the molecule is O=P(O)(O)O.O=P(O)(O)O.[Ti]. The van der Waals surface area contributed by atoms with Crippen LogP contribution in [-0.4, -0.2) is 29.4 Å². The summed E-state index contributed by atoms with van der Waals surface area (Å²) >= 11 is 0. The molecule has 0 aliphatic heterocycles. The summed E-state index contributed by atoms with van der Waals surface area (Å²) in [6.07, 6.45) is 0. The predicted octanol–water partition coefficient (Wildman–Crippen LogP) is -1.86. The summed E-state index contributed by atoms with van der Waals surface area (Å²) in [6.45, 7) is 0. The van der Waals surface area contributed by atoms with Crippen LogP contribution in [-0.2, 0) is 30.8 Å². The molecule has 0 unspecified atom stereocenters. The molecule has 0 rings (SSSR count). The van der Waals surface area contributed by atoms with Gasteiger partial charge in [-0.2, -0.15) is 0 Å². The molecule has 0 aromatic heterocycles. The molecule has 0 fully saturated rings. The van der Waals surface area contributed by atoms with Crippen LogP contribution in [0.2, 0.25) is 0 Å². The molecule has 0 aliphatic rings. The summed E-state index contributed by atoms with van der Waals surface area (Å²) in [5.74, 6) is 0. The summed E-state index contributed by atoms with van der Waals surface area (Å²) in [5.41, 5.74) is 0. The van der Waals surface area contributed by atoms with E-state index in [1.807, 2.05) is 0 Å². The maximum atomic E-state index is 8.88. The molecule has 0 saturated carbocycles. The third-order valence-electron chi connectivity index (χ3n) is 0. The van der Waals surface area contributed by atoms with E-state index >= 15 is 0 Å². The molecule has 0 heterocycles. The van der Waals surface area contributed by atoms with E-state index in [1.165, 1.54) is 0 Å². The van der Waals surface area contributed by atoms with Crippen molar-refractivity contribution in [3.05, 3.63) is 0 Å². The summed E-state index contributed by atoms with van der Waals surface area (Å²) in [5, 5.41) is 0. The summed E-state index contributed by atoms with van der Waals surface area (Å²) < 4.78 is 17.8. The average molecular weight is 244 g/mol. The molecule has 0 aromatic carbocycles. The third kappa shape index (κ3) is 1000. The second kappa shape index (κ2) is 6.45. The smallest absolute Gasteiger partial charge is 0.303 e. The first-order valence-corrected chi connectivity index (χ1v) is 4.70. The molecular formula is H6O8P2Ti. The predicted molar refractivity (Wildman–Crippen MR) is 28.5 cm³/mol. The van der Waals surface area contributed by atoms with Gasteiger partial charge in [-0.1, -0.05) is 0 Å². The van der Waals surface area contributed by atoms with E-state index in [-0.39, 0.29) is 21.7 Å². The first-order valence-electron chi connectivity index (χ1n) is 1.57. The van der Waals surface area contributed by atoms with Gasteiger partial charge in [-0.25, -0.2) is 9.13 Å². The van der Waals surface area contributed by atoms with Gasteiger partial charge in [0, 0.05) is 21.7 Å². The van der Waals surface area contributed by atoms with Crippen molar-refractivity contribution in [1.29, 1.82) is 0 Å². The minimum absolute atomic E-state index is 0. The monoisotopic (exact) mass is 244 g/mol. The zero-order chi connectivity index (χ0) is 9.00. The second-order valence-corrected chi connectivity index (χ2v) is 3.08. The van der Waals surface area contributed by atoms with E-state index in [0.29, 0.717) is 0 Å². The Morgan fingerprint density at radius 1 is 0.636 bits per heavy atom. The van der Waals surface area contributed by atoms with E-state index < -0.39 is 15.6 Å². The van der Waals surface area contributed by atoms with Crippen LogP contribution >= 0.6 is 15.6 Å². The van der Waals surface area contributed by atoms with Crippen LogP contribution in [0.5, 0.6) is 0 Å². The van der Waals surface area contributed by atoms with E-state index in [9.17, 15) is 0 Å². The first kappa shape index (κ1) is 17.9. The quantitative estimate of drug-likeness (QED) is 0.214. The normalized spacial score (nSPS) is 10.7. The fraction of sp³-hybridized carbons (Fsp3) is 0. The van der Waals surface area contributed by atoms with Crippen molar-refractivity contribution in [2.24, 2.45) is 0 Å². The number of phosphoric acid groups is 2. The largest absolute Gasteiger partial charge is 0.466 e. The molecule has 0 aromatic rings. The molecule has 0 atom stereocenters. The Balaban J connectivity index is -0.000000107. The van der Waals surface area contributed by atoms with Gasteiger partial charge in [0.05, 0.1) is 0 Å². The van der Waals surface area contributed by atoms with Crippen molar-refractivity contribution in [2.45, 2.75) is 0 Å². The van der Waals surface area contributed by atoms with Gasteiger partial charge in [-0.05, 0) is 0 Å². The topological polar surface area (TPSA) is 156 Å². The Morgan fingerprint density at radius 2 is 0.636 bits per heavy atom. The van der Waals surface area contributed by atoms with Crippen molar-refractivity contribution in [3.63, 3.8) is 0 Å². The molecule has 0 spiro atoms. The van der Waals surface area contributed by atoms with E-state index in [2.05, 4.69) is 0 Å². The Morgan fingerprint density at radius 3 is 0.636 bits per heavy atom. The Bertz CT molecular complexity index is 124. The van der Waals surface area contributed by atoms with Gasteiger partial charge in [-0.15, -0.1) is 0 Å². The Labute approximate surface area is 76.3 Å². The van der Waals surface area contributed by atoms with Gasteiger partial charge in [0.15, 0.2) is 0 Å². The van der Waals surface area contributed by atoms with Crippen molar-refractivity contribution >= 4 is 15.6 Å². The van der Waals surface area contributed by atoms with E-state index in [4.69, 9.17) is 38.5 Å². The number of hydrogen-bond donors (Lipinski definition) is 6. The van der Waals surface area contributed by atoms with E-state index in [1.54, 1.807) is 0 Å². The summed E-state index contributed by atoms with van der Waals surface area (Å²) in [4.78, 5) is 43.1. The zero-order valence-corrected chi connectivity index (χ0v) is 8.24. The fourth-order valence-corrected chi connectivity index (χ4v) is 0. The van der Waals surface area contributed by atoms with Crippen LogP contribution in [0.15, 0.2) is 0 Å². The van der Waals surface area contributed by atoms with Crippen molar-refractivity contribution in [1.82, 2.24) is 0 Å². The Kier molecular flexibility index (Phi) is 10.5.